The summed E-state index contributed by atoms with van der Waals surface area (Å²) in [6.07, 6.45) is 7.98. The van der Waals surface area contributed by atoms with Crippen LogP contribution >= 0.6 is 0 Å². The van der Waals surface area contributed by atoms with Crippen LogP contribution in [-0.4, -0.2) is 104 Å². The molecular weight excluding hydrogens is 614 g/mol. The average molecular weight is 666 g/mol. The van der Waals surface area contributed by atoms with E-state index in [0.29, 0.717) is 61.3 Å². The maximum Gasteiger partial charge on any atom is 0.410 e. The van der Waals surface area contributed by atoms with E-state index in [4.69, 9.17) is 19.2 Å². The van der Waals surface area contributed by atoms with Gasteiger partial charge in [-0.15, -0.1) is 0 Å². The summed E-state index contributed by atoms with van der Waals surface area (Å²) in [4.78, 5) is 55.7. The quantitative estimate of drug-likeness (QED) is 0.350. The fourth-order valence-corrected chi connectivity index (χ4v) is 6.76. The Kier molecular flexibility index (Phi) is 11.0. The molecule has 13 heteroatoms. The number of nitrogens with zero attached hydrogens (tertiary/aromatic N) is 6. The molecule has 0 spiro atoms. The summed E-state index contributed by atoms with van der Waals surface area (Å²) in [7, 11) is 5.22. The van der Waals surface area contributed by atoms with Crippen molar-refractivity contribution in [1.29, 1.82) is 0 Å². The topological polar surface area (TPSA) is 130 Å². The van der Waals surface area contributed by atoms with Crippen LogP contribution in [0.1, 0.15) is 83.0 Å². The van der Waals surface area contributed by atoms with E-state index in [2.05, 4.69) is 15.2 Å². The minimum absolute atomic E-state index is 0.0281. The van der Waals surface area contributed by atoms with Crippen molar-refractivity contribution in [2.24, 2.45) is 0 Å². The molecule has 1 atom stereocenters. The van der Waals surface area contributed by atoms with Gasteiger partial charge in [-0.1, -0.05) is 19.8 Å². The second kappa shape index (κ2) is 15.0. The number of methoxy groups -OCH3 is 1. The molecule has 3 heterocycles. The smallest absolute Gasteiger partial charge is 0.410 e. The maximum atomic E-state index is 13.3. The van der Waals surface area contributed by atoms with Gasteiger partial charge < -0.3 is 39.1 Å². The van der Waals surface area contributed by atoms with Crippen molar-refractivity contribution >= 4 is 41.0 Å². The van der Waals surface area contributed by atoms with Gasteiger partial charge in [-0.25, -0.2) is 9.78 Å². The Labute approximate surface area is 283 Å². The molecule has 3 amide bonds. The summed E-state index contributed by atoms with van der Waals surface area (Å²) in [5.41, 5.74) is 1.35. The largest absolute Gasteiger partial charge is 0.495 e. The van der Waals surface area contributed by atoms with Crippen LogP contribution < -0.4 is 24.8 Å². The van der Waals surface area contributed by atoms with Crippen molar-refractivity contribution in [2.75, 3.05) is 62.1 Å². The standard InChI is InChI=1S/C35H51N7O6/c1-8-26-32(44)39(5)28-22-37-33(38-30(28)42(26)24-11-9-10-12-24)40(6)27-14-13-23(21-29(27)46-7)31(43)36-17-20-47-25-15-18-41(19-16-25)34(45)48-35(2,3)4/h13-14,21-22,24-26H,8-12,15-20H2,1-7H3,(H,36,43)/t26-/m1/s1. The summed E-state index contributed by atoms with van der Waals surface area (Å²) < 4.78 is 17.2. The highest BCUT2D eigenvalue weighted by molar-refractivity contribution is 6.04. The number of nitrogens with one attached hydrogen (secondary N) is 1. The minimum atomic E-state index is -0.519. The van der Waals surface area contributed by atoms with E-state index in [1.165, 1.54) is 0 Å². The van der Waals surface area contributed by atoms with Gasteiger partial charge in [0, 0.05) is 45.3 Å². The lowest BCUT2D eigenvalue weighted by molar-refractivity contribution is -0.120. The average Bonchev–Trinajstić information content (AvgIpc) is 3.61. The van der Waals surface area contributed by atoms with E-state index in [1.807, 2.05) is 45.7 Å². The number of ether oxygens (including phenoxy) is 3. The molecule has 5 rings (SSSR count). The lowest BCUT2D eigenvalue weighted by Gasteiger charge is -2.43. The first kappa shape index (κ1) is 35.2. The molecule has 1 N–H and O–H groups in total. The molecule has 1 aliphatic carbocycles. The van der Waals surface area contributed by atoms with Gasteiger partial charge in [-0.05, 0) is 71.1 Å². The summed E-state index contributed by atoms with van der Waals surface area (Å²) in [6.45, 7) is 9.51. The fourth-order valence-electron chi connectivity index (χ4n) is 6.76. The zero-order chi connectivity index (χ0) is 34.6. The van der Waals surface area contributed by atoms with Crippen LogP contribution in [0.5, 0.6) is 5.75 Å². The van der Waals surface area contributed by atoms with E-state index in [1.54, 1.807) is 42.3 Å². The molecule has 0 bridgehead atoms. The molecule has 13 nitrogen and oxygen atoms in total. The van der Waals surface area contributed by atoms with E-state index < -0.39 is 5.60 Å². The Morgan fingerprint density at radius 3 is 2.46 bits per heavy atom. The van der Waals surface area contributed by atoms with E-state index in [0.717, 1.165) is 44.3 Å². The zero-order valence-corrected chi connectivity index (χ0v) is 29.5. The van der Waals surface area contributed by atoms with E-state index in [-0.39, 0.29) is 36.1 Å². The van der Waals surface area contributed by atoms with Crippen LogP contribution in [-0.2, 0) is 14.3 Å². The molecule has 0 radical (unpaired) electrons. The Bertz CT molecular complexity index is 1470. The molecule has 2 aliphatic heterocycles. The van der Waals surface area contributed by atoms with Gasteiger partial charge in [-0.3, -0.25) is 9.59 Å². The van der Waals surface area contributed by atoms with Gasteiger partial charge in [0.2, 0.25) is 11.9 Å². The first-order valence-corrected chi connectivity index (χ1v) is 17.1. The lowest BCUT2D eigenvalue weighted by Crippen LogP contribution is -2.55. The van der Waals surface area contributed by atoms with Crippen LogP contribution in [0.15, 0.2) is 24.4 Å². The Morgan fingerprint density at radius 1 is 1.10 bits per heavy atom. The first-order chi connectivity index (χ1) is 22.9. The van der Waals surface area contributed by atoms with Gasteiger partial charge in [0.1, 0.15) is 23.1 Å². The number of piperidine rings is 1. The van der Waals surface area contributed by atoms with Gasteiger partial charge in [0.25, 0.3) is 5.91 Å². The van der Waals surface area contributed by atoms with E-state index in [9.17, 15) is 14.4 Å². The molecule has 1 aromatic heterocycles. The number of carbonyl (C=O) groups is 3. The predicted octanol–water partition coefficient (Wildman–Crippen LogP) is 4.90. The molecule has 262 valence electrons. The Hall–Kier alpha value is -4.13. The second-order valence-corrected chi connectivity index (χ2v) is 13.8. The monoisotopic (exact) mass is 665 g/mol. The van der Waals surface area contributed by atoms with Crippen molar-refractivity contribution in [3.63, 3.8) is 0 Å². The normalized spacial score (nSPS) is 18.9. The number of fused-ring (bicyclic) bond motifs is 1. The maximum absolute atomic E-state index is 13.3. The third kappa shape index (κ3) is 7.77. The van der Waals surface area contributed by atoms with Gasteiger partial charge in [-0.2, -0.15) is 4.98 Å². The lowest BCUT2D eigenvalue weighted by atomic mass is 10.0. The highest BCUT2D eigenvalue weighted by Crippen LogP contribution is 2.41. The number of aromatic nitrogens is 2. The molecule has 48 heavy (non-hydrogen) atoms. The van der Waals surface area contributed by atoms with Crippen molar-refractivity contribution in [3.05, 3.63) is 30.0 Å². The van der Waals surface area contributed by atoms with Crippen molar-refractivity contribution in [2.45, 2.75) is 96.4 Å². The molecule has 2 aromatic rings. The first-order valence-electron chi connectivity index (χ1n) is 17.1. The van der Waals surface area contributed by atoms with Crippen LogP contribution in [0, 0.1) is 0 Å². The molecule has 0 unspecified atom stereocenters. The van der Waals surface area contributed by atoms with Crippen molar-refractivity contribution in [3.8, 4) is 5.75 Å². The van der Waals surface area contributed by atoms with Gasteiger partial charge in [0.15, 0.2) is 5.82 Å². The second-order valence-electron chi connectivity index (χ2n) is 13.8. The SMILES string of the molecule is CC[C@@H]1C(=O)N(C)c2cnc(N(C)c3ccc(C(=O)NCCOC4CCN(C(=O)OC(C)(C)C)CC4)cc3OC)nc2N1C1CCCC1. The molecule has 1 aromatic carbocycles. The number of hydrogen-bond acceptors (Lipinski definition) is 10. The Morgan fingerprint density at radius 2 is 1.81 bits per heavy atom. The molecule has 1 saturated carbocycles. The zero-order valence-electron chi connectivity index (χ0n) is 29.5. The third-order valence-corrected chi connectivity index (χ3v) is 9.34. The fraction of sp³-hybridized carbons (Fsp3) is 0.629. The van der Waals surface area contributed by atoms with Crippen molar-refractivity contribution < 1.29 is 28.6 Å². The number of anilines is 4. The third-order valence-electron chi connectivity index (χ3n) is 9.34. The number of carbonyl (C=O) groups excluding carboxylic acids is 3. The highest BCUT2D eigenvalue weighted by Gasteiger charge is 2.41. The molecule has 2 fully saturated rings. The van der Waals surface area contributed by atoms with Crippen molar-refractivity contribution in [1.82, 2.24) is 20.2 Å². The van der Waals surface area contributed by atoms with Crippen LogP contribution in [0.25, 0.3) is 0 Å². The number of amides is 3. The summed E-state index contributed by atoms with van der Waals surface area (Å²) in [5.74, 6) is 1.59. The molecule has 3 aliphatic rings. The number of benzene rings is 1. The number of likely N-dealkylation sites (tertiary alicyclic amines) is 1. The van der Waals surface area contributed by atoms with Crippen LogP contribution in [0.3, 0.4) is 0 Å². The summed E-state index contributed by atoms with van der Waals surface area (Å²) in [5, 5.41) is 2.93. The van der Waals surface area contributed by atoms with Gasteiger partial charge in [0.05, 0.1) is 31.7 Å². The van der Waals surface area contributed by atoms with E-state index >= 15 is 0 Å². The number of hydrogen-bond donors (Lipinski definition) is 1. The van der Waals surface area contributed by atoms with Crippen LogP contribution in [0.4, 0.5) is 27.9 Å². The molecule has 1 saturated heterocycles. The Balaban J connectivity index is 1.19. The number of rotatable bonds is 10. The number of likely N-dealkylation sites (N-methyl/N-ethyl adjacent to an activating group) is 1. The summed E-state index contributed by atoms with van der Waals surface area (Å²) in [6, 6.07) is 5.30. The molecular formula is C35H51N7O6. The van der Waals surface area contributed by atoms with Crippen LogP contribution in [0.2, 0.25) is 0 Å². The van der Waals surface area contributed by atoms with Gasteiger partial charge >= 0.3 is 6.09 Å². The highest BCUT2D eigenvalue weighted by atomic mass is 16.6. The summed E-state index contributed by atoms with van der Waals surface area (Å²) >= 11 is 0. The predicted molar refractivity (Wildman–Crippen MR) is 184 cm³/mol. The minimum Gasteiger partial charge on any atom is -0.495 e.